The molecule has 1 fully saturated rings. The Labute approximate surface area is 186 Å². The van der Waals surface area contributed by atoms with Gasteiger partial charge < -0.3 is 14.4 Å². The fraction of sp³-hybridized carbons (Fsp3) is 0.478. The van der Waals surface area contributed by atoms with Crippen molar-refractivity contribution >= 4 is 15.7 Å². The molecule has 1 heterocycles. The van der Waals surface area contributed by atoms with Gasteiger partial charge in [0.05, 0.1) is 11.5 Å². The van der Waals surface area contributed by atoms with E-state index in [2.05, 4.69) is 45.7 Å². The first-order valence-electron chi connectivity index (χ1n) is 10.8. The normalized spacial score (nSPS) is 16.3. The predicted molar refractivity (Wildman–Crippen MR) is 123 cm³/mol. The summed E-state index contributed by atoms with van der Waals surface area (Å²) in [6, 6.07) is 17.0. The summed E-state index contributed by atoms with van der Waals surface area (Å²) in [6.45, 7) is 9.65. The minimum atomic E-state index is -3.56. The molecule has 2 aromatic rings. The Bertz CT molecular complexity index is 883. The number of hydrogen-bond donors (Lipinski definition) is 1. The fourth-order valence-electron chi connectivity index (χ4n) is 3.58. The van der Waals surface area contributed by atoms with E-state index in [1.165, 1.54) is 5.69 Å². The van der Waals surface area contributed by atoms with E-state index in [0.29, 0.717) is 32.1 Å². The highest BCUT2D eigenvalue weighted by atomic mass is 32.2. The van der Waals surface area contributed by atoms with Crippen LogP contribution in [0.4, 0.5) is 5.69 Å². The summed E-state index contributed by atoms with van der Waals surface area (Å²) in [5.41, 5.74) is 1.24. The summed E-state index contributed by atoms with van der Waals surface area (Å²) in [4.78, 5) is 4.94. The molecule has 7 nitrogen and oxygen atoms in total. The van der Waals surface area contributed by atoms with Crippen molar-refractivity contribution in [3.63, 3.8) is 0 Å². The molecule has 0 spiro atoms. The van der Waals surface area contributed by atoms with Crippen molar-refractivity contribution < 1.29 is 17.9 Å². The highest BCUT2D eigenvalue weighted by molar-refractivity contribution is 7.89. The van der Waals surface area contributed by atoms with E-state index in [0.717, 1.165) is 26.2 Å². The Morgan fingerprint density at radius 3 is 2.29 bits per heavy atom. The highest BCUT2D eigenvalue weighted by Gasteiger charge is 2.23. The predicted octanol–water partition coefficient (Wildman–Crippen LogP) is 2.59. The molecule has 0 saturated carbocycles. The monoisotopic (exact) mass is 447 g/mol. The Balaban J connectivity index is 1.45. The molecule has 1 N–H and O–H groups in total. The Morgan fingerprint density at radius 1 is 0.968 bits per heavy atom. The van der Waals surface area contributed by atoms with Gasteiger partial charge in [0.1, 0.15) is 12.4 Å². The van der Waals surface area contributed by atoms with Gasteiger partial charge in [-0.1, -0.05) is 18.2 Å². The van der Waals surface area contributed by atoms with Gasteiger partial charge in [-0.2, -0.15) is 0 Å². The molecule has 1 aliphatic heterocycles. The van der Waals surface area contributed by atoms with Crippen LogP contribution in [-0.4, -0.2) is 71.9 Å². The Morgan fingerprint density at radius 2 is 1.65 bits per heavy atom. The lowest BCUT2D eigenvalue weighted by Crippen LogP contribution is -2.52. The molecule has 0 radical (unpaired) electrons. The third-order valence-electron chi connectivity index (χ3n) is 5.46. The first-order chi connectivity index (χ1) is 15.0. The molecular formula is C23H33N3O4S. The number of sulfonamides is 1. The SMILES string of the molecule is CCOCCOc1ccc(S(=O)(=O)NCC(C)N2CCN(c3ccccc3)CC2)cc1. The quantitative estimate of drug-likeness (QED) is 0.534. The van der Waals surface area contributed by atoms with Gasteiger partial charge in [0.25, 0.3) is 0 Å². The number of ether oxygens (including phenoxy) is 2. The summed E-state index contributed by atoms with van der Waals surface area (Å²) < 4.78 is 38.9. The minimum Gasteiger partial charge on any atom is -0.491 e. The lowest BCUT2D eigenvalue weighted by molar-refractivity contribution is 0.110. The number of hydrogen-bond acceptors (Lipinski definition) is 6. The van der Waals surface area contributed by atoms with E-state index in [1.807, 2.05) is 13.0 Å². The topological polar surface area (TPSA) is 71.1 Å². The van der Waals surface area contributed by atoms with Gasteiger partial charge in [-0.3, -0.25) is 4.90 Å². The average molecular weight is 448 g/mol. The molecule has 31 heavy (non-hydrogen) atoms. The first kappa shape index (κ1) is 23.5. The van der Waals surface area contributed by atoms with Crippen molar-refractivity contribution in [3.8, 4) is 5.75 Å². The van der Waals surface area contributed by atoms with Gasteiger partial charge in [-0.25, -0.2) is 13.1 Å². The molecule has 0 aliphatic carbocycles. The molecule has 1 saturated heterocycles. The molecule has 0 bridgehead atoms. The number of anilines is 1. The maximum absolute atomic E-state index is 12.7. The molecular weight excluding hydrogens is 414 g/mol. The standard InChI is InChI=1S/C23H33N3O4S/c1-3-29-17-18-30-22-9-11-23(12-10-22)31(27,28)24-19-20(2)25-13-15-26(16-14-25)21-7-5-4-6-8-21/h4-12,20,24H,3,13-19H2,1-2H3. The number of rotatable bonds is 11. The third-order valence-corrected chi connectivity index (χ3v) is 6.90. The van der Waals surface area contributed by atoms with Crippen LogP contribution in [0.1, 0.15) is 13.8 Å². The summed E-state index contributed by atoms with van der Waals surface area (Å²) in [5, 5.41) is 0. The summed E-state index contributed by atoms with van der Waals surface area (Å²) >= 11 is 0. The molecule has 0 aromatic heterocycles. The number of nitrogens with one attached hydrogen (secondary N) is 1. The highest BCUT2D eigenvalue weighted by Crippen LogP contribution is 2.18. The second kappa shape index (κ2) is 11.5. The zero-order chi connectivity index (χ0) is 22.1. The van der Waals surface area contributed by atoms with Crippen LogP contribution in [0.2, 0.25) is 0 Å². The molecule has 170 valence electrons. The Hall–Kier alpha value is -2.13. The third kappa shape index (κ3) is 6.93. The summed E-state index contributed by atoms with van der Waals surface area (Å²) in [6.07, 6.45) is 0. The van der Waals surface area contributed by atoms with Crippen LogP contribution >= 0.6 is 0 Å². The largest absolute Gasteiger partial charge is 0.491 e. The zero-order valence-electron chi connectivity index (χ0n) is 18.4. The average Bonchev–Trinajstić information content (AvgIpc) is 2.81. The van der Waals surface area contributed by atoms with Gasteiger partial charge in [0.15, 0.2) is 0 Å². The van der Waals surface area contributed by atoms with Gasteiger partial charge in [-0.15, -0.1) is 0 Å². The lowest BCUT2D eigenvalue weighted by atomic mass is 10.2. The van der Waals surface area contributed by atoms with E-state index in [9.17, 15) is 8.42 Å². The number of benzene rings is 2. The molecule has 1 unspecified atom stereocenters. The molecule has 3 rings (SSSR count). The van der Waals surface area contributed by atoms with Crippen LogP contribution in [0, 0.1) is 0 Å². The van der Waals surface area contributed by atoms with Crippen LogP contribution in [0.3, 0.4) is 0 Å². The minimum absolute atomic E-state index is 0.119. The van der Waals surface area contributed by atoms with Crippen molar-refractivity contribution in [3.05, 3.63) is 54.6 Å². The fourth-order valence-corrected chi connectivity index (χ4v) is 4.70. The maximum Gasteiger partial charge on any atom is 0.240 e. The van der Waals surface area contributed by atoms with Crippen molar-refractivity contribution in [1.29, 1.82) is 0 Å². The molecule has 1 aliphatic rings. The lowest BCUT2D eigenvalue weighted by Gasteiger charge is -2.39. The van der Waals surface area contributed by atoms with Crippen molar-refractivity contribution in [2.75, 3.05) is 57.4 Å². The smallest absolute Gasteiger partial charge is 0.240 e. The maximum atomic E-state index is 12.7. The first-order valence-corrected chi connectivity index (χ1v) is 12.3. The molecule has 1 atom stereocenters. The van der Waals surface area contributed by atoms with E-state index >= 15 is 0 Å². The number of para-hydroxylation sites is 1. The second-order valence-electron chi connectivity index (χ2n) is 7.58. The zero-order valence-corrected chi connectivity index (χ0v) is 19.2. The van der Waals surface area contributed by atoms with Crippen molar-refractivity contribution in [2.45, 2.75) is 24.8 Å². The van der Waals surface area contributed by atoms with Crippen LogP contribution < -0.4 is 14.4 Å². The van der Waals surface area contributed by atoms with Crippen molar-refractivity contribution in [2.24, 2.45) is 0 Å². The van der Waals surface area contributed by atoms with E-state index in [-0.39, 0.29) is 10.9 Å². The summed E-state index contributed by atoms with van der Waals surface area (Å²) in [5.74, 6) is 0.628. The van der Waals surface area contributed by atoms with Crippen LogP contribution in [0.25, 0.3) is 0 Å². The van der Waals surface area contributed by atoms with Crippen molar-refractivity contribution in [1.82, 2.24) is 9.62 Å². The van der Waals surface area contributed by atoms with E-state index in [1.54, 1.807) is 24.3 Å². The van der Waals surface area contributed by atoms with Gasteiger partial charge in [0, 0.05) is 51.1 Å². The molecule has 2 aromatic carbocycles. The van der Waals surface area contributed by atoms with Gasteiger partial charge in [-0.05, 0) is 50.2 Å². The Kier molecular flexibility index (Phi) is 8.71. The number of piperazine rings is 1. The van der Waals surface area contributed by atoms with Gasteiger partial charge >= 0.3 is 0 Å². The van der Waals surface area contributed by atoms with E-state index < -0.39 is 10.0 Å². The molecule has 0 amide bonds. The summed E-state index contributed by atoms with van der Waals surface area (Å²) in [7, 11) is -3.56. The van der Waals surface area contributed by atoms with Crippen LogP contribution in [0.5, 0.6) is 5.75 Å². The van der Waals surface area contributed by atoms with Crippen LogP contribution in [0.15, 0.2) is 59.5 Å². The van der Waals surface area contributed by atoms with E-state index in [4.69, 9.17) is 9.47 Å². The number of nitrogens with zero attached hydrogens (tertiary/aromatic N) is 2. The molecule has 8 heteroatoms. The van der Waals surface area contributed by atoms with Crippen LogP contribution in [-0.2, 0) is 14.8 Å². The van der Waals surface area contributed by atoms with Gasteiger partial charge in [0.2, 0.25) is 10.0 Å². The second-order valence-corrected chi connectivity index (χ2v) is 9.34.